The summed E-state index contributed by atoms with van der Waals surface area (Å²) in [5, 5.41) is 0.111. The molecule has 0 bridgehead atoms. The quantitative estimate of drug-likeness (QED) is 0.221. The molecule has 0 saturated carbocycles. The van der Waals surface area contributed by atoms with Gasteiger partial charge >= 0.3 is 5.97 Å². The van der Waals surface area contributed by atoms with E-state index in [0.29, 0.717) is 25.4 Å². The molecule has 7 heteroatoms. The van der Waals surface area contributed by atoms with Gasteiger partial charge in [-0.25, -0.2) is 4.79 Å². The zero-order valence-corrected chi connectivity index (χ0v) is 24.2. The fourth-order valence-corrected chi connectivity index (χ4v) is 6.94. The molecule has 0 spiro atoms. The fraction of sp³-hybridized carbons (Fsp3) is 0.760. The monoisotopic (exact) mass is 573 g/mol. The van der Waals surface area contributed by atoms with Crippen LogP contribution in [0, 0.1) is 8.99 Å². The molecule has 1 aromatic rings. The summed E-state index contributed by atoms with van der Waals surface area (Å²) in [4.78, 5) is 18.4. The Morgan fingerprint density at radius 2 is 1.88 bits per heavy atom. The number of fused-ring (bicyclic) bond motifs is 1. The van der Waals surface area contributed by atoms with Crippen LogP contribution in [0.4, 0.5) is 0 Å². The van der Waals surface area contributed by atoms with Gasteiger partial charge in [0.05, 0.1) is 24.0 Å². The normalized spacial score (nSPS) is 21.8. The first kappa shape index (κ1) is 26.1. The van der Waals surface area contributed by atoms with E-state index in [1.165, 1.54) is 0 Å². The average Bonchev–Trinajstić information content (AvgIpc) is 2.66. The van der Waals surface area contributed by atoms with Gasteiger partial charge in [-0.15, -0.1) is 0 Å². The van der Waals surface area contributed by atoms with Crippen molar-refractivity contribution < 1.29 is 18.7 Å². The highest BCUT2D eigenvalue weighted by Gasteiger charge is 2.44. The minimum Gasteiger partial charge on any atom is -0.462 e. The summed E-state index contributed by atoms with van der Waals surface area (Å²) >= 11 is 2.36. The van der Waals surface area contributed by atoms with Crippen LogP contribution < -0.4 is 0 Å². The Morgan fingerprint density at radius 3 is 2.44 bits per heavy atom. The maximum Gasteiger partial charge on any atom is 0.341 e. The summed E-state index contributed by atoms with van der Waals surface area (Å²) in [5.41, 5.74) is 3.87. The van der Waals surface area contributed by atoms with E-state index in [9.17, 15) is 4.79 Å². The van der Waals surface area contributed by atoms with E-state index >= 15 is 0 Å². The minimum absolute atomic E-state index is 0.0500. The van der Waals surface area contributed by atoms with Gasteiger partial charge in [0, 0.05) is 34.0 Å². The molecule has 1 aromatic heterocycles. The molecule has 0 N–H and O–H groups in total. The number of esters is 1. The van der Waals surface area contributed by atoms with Gasteiger partial charge in [0.15, 0.2) is 8.32 Å². The van der Waals surface area contributed by atoms with Gasteiger partial charge < -0.3 is 13.9 Å². The van der Waals surface area contributed by atoms with Crippen molar-refractivity contribution in [3.63, 3.8) is 0 Å². The molecule has 0 aromatic carbocycles. The highest BCUT2D eigenvalue weighted by molar-refractivity contribution is 14.1. The highest BCUT2D eigenvalue weighted by atomic mass is 127. The standard InChI is InChI=1S/C25H40INO4Si/c1-9-30-23(28)20-21(26)19-17(27-22(20)16-10-12-29-13-11-16)14-25(5,6)15-18(19)31-32(7,8)24(2,3)4/h16,18H,9-15H2,1-8H3. The molecular weight excluding hydrogens is 533 g/mol. The molecular formula is C25H40INO4Si. The van der Waals surface area contributed by atoms with Gasteiger partial charge in [0.2, 0.25) is 0 Å². The van der Waals surface area contributed by atoms with Gasteiger partial charge in [-0.05, 0) is 78.7 Å². The van der Waals surface area contributed by atoms with E-state index in [1.54, 1.807) is 0 Å². The van der Waals surface area contributed by atoms with Gasteiger partial charge in [-0.3, -0.25) is 4.98 Å². The number of pyridine rings is 1. The molecule has 2 aliphatic rings. The Morgan fingerprint density at radius 1 is 1.25 bits per heavy atom. The van der Waals surface area contributed by atoms with Crippen molar-refractivity contribution in [3.05, 3.63) is 26.1 Å². The van der Waals surface area contributed by atoms with E-state index in [0.717, 1.165) is 46.2 Å². The van der Waals surface area contributed by atoms with Crippen molar-refractivity contribution >= 4 is 36.9 Å². The molecule has 2 heterocycles. The van der Waals surface area contributed by atoms with Crippen molar-refractivity contribution in [3.8, 4) is 0 Å². The molecule has 1 aliphatic heterocycles. The number of halogens is 1. The van der Waals surface area contributed by atoms with Crippen LogP contribution in [0.3, 0.4) is 0 Å². The summed E-state index contributed by atoms with van der Waals surface area (Å²) in [6, 6.07) is 0. The largest absolute Gasteiger partial charge is 0.462 e. The van der Waals surface area contributed by atoms with Gasteiger partial charge in [0.25, 0.3) is 0 Å². The van der Waals surface area contributed by atoms with Crippen molar-refractivity contribution in [2.24, 2.45) is 5.41 Å². The Hall–Kier alpha value is -0.513. The lowest BCUT2D eigenvalue weighted by Crippen LogP contribution is -2.44. The topological polar surface area (TPSA) is 57.7 Å². The smallest absolute Gasteiger partial charge is 0.341 e. The van der Waals surface area contributed by atoms with Crippen LogP contribution in [0.25, 0.3) is 0 Å². The van der Waals surface area contributed by atoms with Crippen LogP contribution in [0.15, 0.2) is 0 Å². The first-order valence-corrected chi connectivity index (χ1v) is 15.9. The Kier molecular flexibility index (Phi) is 7.85. The van der Waals surface area contributed by atoms with Gasteiger partial charge in [-0.2, -0.15) is 0 Å². The molecule has 1 aliphatic carbocycles. The first-order valence-electron chi connectivity index (χ1n) is 11.9. The number of carbonyl (C=O) groups excluding carboxylic acids is 1. The molecule has 1 unspecified atom stereocenters. The average molecular weight is 574 g/mol. The molecule has 3 rings (SSSR count). The molecule has 32 heavy (non-hydrogen) atoms. The number of hydrogen-bond acceptors (Lipinski definition) is 5. The van der Waals surface area contributed by atoms with E-state index in [1.807, 2.05) is 6.92 Å². The second-order valence-electron chi connectivity index (χ2n) is 11.6. The van der Waals surface area contributed by atoms with Crippen molar-refractivity contribution in [1.82, 2.24) is 4.98 Å². The summed E-state index contributed by atoms with van der Waals surface area (Å²) in [7, 11) is -2.02. The number of ether oxygens (including phenoxy) is 2. The highest BCUT2D eigenvalue weighted by Crippen LogP contribution is 2.49. The van der Waals surface area contributed by atoms with Crippen LogP contribution in [-0.2, 0) is 20.3 Å². The lowest BCUT2D eigenvalue weighted by molar-refractivity contribution is 0.0514. The third-order valence-electron chi connectivity index (χ3n) is 7.31. The Balaban J connectivity index is 2.17. The van der Waals surface area contributed by atoms with E-state index in [2.05, 4.69) is 70.3 Å². The van der Waals surface area contributed by atoms with Crippen molar-refractivity contribution in [1.29, 1.82) is 0 Å². The van der Waals surface area contributed by atoms with Gasteiger partial charge in [0.1, 0.15) is 0 Å². The van der Waals surface area contributed by atoms with Crippen LogP contribution in [0.1, 0.15) is 100 Å². The van der Waals surface area contributed by atoms with Crippen LogP contribution >= 0.6 is 22.6 Å². The number of rotatable bonds is 5. The summed E-state index contributed by atoms with van der Waals surface area (Å²) in [5.74, 6) is -0.0311. The van der Waals surface area contributed by atoms with Gasteiger partial charge in [-0.1, -0.05) is 34.6 Å². The maximum atomic E-state index is 13.2. The molecule has 0 radical (unpaired) electrons. The predicted molar refractivity (Wildman–Crippen MR) is 139 cm³/mol. The first-order chi connectivity index (χ1) is 14.8. The van der Waals surface area contributed by atoms with E-state index < -0.39 is 8.32 Å². The maximum absolute atomic E-state index is 13.2. The third-order valence-corrected chi connectivity index (χ3v) is 12.9. The Labute approximate surface area is 208 Å². The van der Waals surface area contributed by atoms with Crippen LogP contribution in [0.5, 0.6) is 0 Å². The lowest BCUT2D eigenvalue weighted by Gasteiger charge is -2.44. The van der Waals surface area contributed by atoms with Crippen molar-refractivity contribution in [2.75, 3.05) is 19.8 Å². The second-order valence-corrected chi connectivity index (χ2v) is 17.4. The number of hydrogen-bond donors (Lipinski definition) is 0. The molecule has 5 nitrogen and oxygen atoms in total. The summed E-state index contributed by atoms with van der Waals surface area (Å²) in [6.45, 7) is 19.7. The van der Waals surface area contributed by atoms with Crippen molar-refractivity contribution in [2.45, 2.75) is 97.4 Å². The summed E-state index contributed by atoms with van der Waals surface area (Å²) < 4.78 is 19.1. The molecule has 1 fully saturated rings. The van der Waals surface area contributed by atoms with E-state index in [-0.39, 0.29) is 28.4 Å². The number of nitrogens with zero attached hydrogens (tertiary/aromatic N) is 1. The van der Waals surface area contributed by atoms with Crippen LogP contribution in [0.2, 0.25) is 18.1 Å². The zero-order chi connectivity index (χ0) is 23.9. The minimum atomic E-state index is -2.02. The van der Waals surface area contributed by atoms with Crippen LogP contribution in [-0.4, -0.2) is 39.1 Å². The molecule has 0 amide bonds. The Bertz CT molecular complexity index is 856. The lowest BCUT2D eigenvalue weighted by atomic mass is 9.74. The molecule has 180 valence electrons. The predicted octanol–water partition coefficient (Wildman–Crippen LogP) is 6.79. The SMILES string of the molecule is CCOC(=O)c1c(C2CCOCC2)nc2c(c1I)C(O[Si](C)(C)C(C)(C)C)CC(C)(C)C2. The second kappa shape index (κ2) is 9.62. The molecule has 1 saturated heterocycles. The number of aromatic nitrogens is 1. The molecule has 1 atom stereocenters. The van der Waals surface area contributed by atoms with E-state index in [4.69, 9.17) is 18.9 Å². The number of carbonyl (C=O) groups is 1. The fourth-order valence-electron chi connectivity index (χ4n) is 4.52. The third kappa shape index (κ3) is 5.41. The zero-order valence-electron chi connectivity index (χ0n) is 21.1. The summed E-state index contributed by atoms with van der Waals surface area (Å²) in [6.07, 6.45) is 3.56.